The molecule has 0 saturated heterocycles. The minimum atomic E-state index is 0.984. The van der Waals surface area contributed by atoms with Crippen molar-refractivity contribution in [2.45, 2.75) is 20.0 Å². The highest BCUT2D eigenvalue weighted by atomic mass is 31.0. The summed E-state index contributed by atoms with van der Waals surface area (Å²) in [6.07, 6.45) is 0.984. The van der Waals surface area contributed by atoms with Gasteiger partial charge in [-0.2, -0.15) is 0 Å². The molecule has 2 heteroatoms. The number of aryl methyl sites for hydroxylation is 1. The van der Waals surface area contributed by atoms with E-state index in [1.54, 1.807) is 7.11 Å². The molecule has 0 aliphatic carbocycles. The second-order valence-electron chi connectivity index (χ2n) is 2.94. The van der Waals surface area contributed by atoms with Gasteiger partial charge in [0.15, 0.2) is 0 Å². The molecule has 0 N–H and O–H groups in total. The van der Waals surface area contributed by atoms with Crippen LogP contribution in [0.1, 0.15) is 16.7 Å². The Balaban J connectivity index is 3.19. The molecule has 0 heterocycles. The third-order valence-electron chi connectivity index (χ3n) is 2.14. The zero-order valence-electron chi connectivity index (χ0n) is 7.85. The summed E-state index contributed by atoms with van der Waals surface area (Å²) in [5.74, 6) is 0.993. The maximum absolute atomic E-state index is 5.26. The molecule has 1 aromatic carbocycles. The van der Waals surface area contributed by atoms with Crippen LogP contribution >= 0.6 is 9.24 Å². The standard InChI is InChI=1S/C10H15OP/c1-7-4-9(6-12)5-10(11-3)8(7)2/h4-5H,6,12H2,1-3H3. The van der Waals surface area contributed by atoms with Gasteiger partial charge in [-0.15, -0.1) is 9.24 Å². The predicted octanol–water partition coefficient (Wildman–Crippen LogP) is 2.69. The van der Waals surface area contributed by atoms with Gasteiger partial charge >= 0.3 is 0 Å². The van der Waals surface area contributed by atoms with Crippen molar-refractivity contribution in [3.8, 4) is 5.75 Å². The van der Waals surface area contributed by atoms with Gasteiger partial charge in [-0.3, -0.25) is 0 Å². The van der Waals surface area contributed by atoms with E-state index < -0.39 is 0 Å². The predicted molar refractivity (Wildman–Crippen MR) is 55.9 cm³/mol. The molecule has 0 fully saturated rings. The van der Waals surface area contributed by atoms with Crippen LogP contribution in [0, 0.1) is 13.8 Å². The van der Waals surface area contributed by atoms with E-state index in [4.69, 9.17) is 4.74 Å². The molecule has 1 nitrogen and oxygen atoms in total. The molecule has 0 radical (unpaired) electrons. The summed E-state index contributed by atoms with van der Waals surface area (Å²) in [6.45, 7) is 4.20. The van der Waals surface area contributed by atoms with Crippen LogP contribution in [0.2, 0.25) is 0 Å². The van der Waals surface area contributed by atoms with Gasteiger partial charge in [0.05, 0.1) is 7.11 Å². The van der Waals surface area contributed by atoms with E-state index in [0.717, 1.165) is 11.9 Å². The van der Waals surface area contributed by atoms with Gasteiger partial charge in [0.2, 0.25) is 0 Å². The van der Waals surface area contributed by atoms with Crippen LogP contribution < -0.4 is 4.74 Å². The van der Waals surface area contributed by atoms with Gasteiger partial charge in [0, 0.05) is 0 Å². The fourth-order valence-electron chi connectivity index (χ4n) is 1.23. The molecule has 66 valence electrons. The second-order valence-corrected chi connectivity index (χ2v) is 3.35. The third kappa shape index (κ3) is 1.78. The summed E-state index contributed by atoms with van der Waals surface area (Å²) in [6, 6.07) is 4.29. The fourth-order valence-corrected chi connectivity index (χ4v) is 1.46. The first-order valence-corrected chi connectivity index (χ1v) is 4.85. The highest BCUT2D eigenvalue weighted by Crippen LogP contribution is 2.24. The highest BCUT2D eigenvalue weighted by Gasteiger charge is 2.02. The summed E-state index contributed by atoms with van der Waals surface area (Å²) in [7, 11) is 4.44. The minimum absolute atomic E-state index is 0.984. The minimum Gasteiger partial charge on any atom is -0.496 e. The monoisotopic (exact) mass is 182 g/mol. The van der Waals surface area contributed by atoms with E-state index in [2.05, 4.69) is 35.2 Å². The number of methoxy groups -OCH3 is 1. The molecule has 1 unspecified atom stereocenters. The Morgan fingerprint density at radius 2 is 2.00 bits per heavy atom. The van der Waals surface area contributed by atoms with Crippen molar-refractivity contribution >= 4 is 9.24 Å². The van der Waals surface area contributed by atoms with Crippen LogP contribution in [-0.2, 0) is 6.16 Å². The molecular weight excluding hydrogens is 167 g/mol. The van der Waals surface area contributed by atoms with E-state index >= 15 is 0 Å². The van der Waals surface area contributed by atoms with Crippen molar-refractivity contribution < 1.29 is 4.74 Å². The molecule has 1 rings (SSSR count). The van der Waals surface area contributed by atoms with E-state index in [1.807, 2.05) is 0 Å². The fraction of sp³-hybridized carbons (Fsp3) is 0.400. The Hall–Kier alpha value is -0.550. The summed E-state index contributed by atoms with van der Waals surface area (Å²) >= 11 is 0. The van der Waals surface area contributed by atoms with Gasteiger partial charge < -0.3 is 4.74 Å². The van der Waals surface area contributed by atoms with Crippen LogP contribution in [0.4, 0.5) is 0 Å². The lowest BCUT2D eigenvalue weighted by Crippen LogP contribution is -1.92. The number of ether oxygens (including phenoxy) is 1. The summed E-state index contributed by atoms with van der Waals surface area (Å²) in [5, 5.41) is 0. The molecule has 0 aromatic heterocycles. The molecule has 0 amide bonds. The van der Waals surface area contributed by atoms with Gasteiger partial charge in [-0.25, -0.2) is 0 Å². The summed E-state index contributed by atoms with van der Waals surface area (Å²) in [5.41, 5.74) is 3.84. The van der Waals surface area contributed by atoms with Crippen molar-refractivity contribution in [3.05, 3.63) is 28.8 Å². The first kappa shape index (κ1) is 9.54. The van der Waals surface area contributed by atoms with Gasteiger partial charge in [-0.05, 0) is 42.8 Å². The number of hydrogen-bond donors (Lipinski definition) is 0. The van der Waals surface area contributed by atoms with Gasteiger partial charge in [-0.1, -0.05) is 6.07 Å². The number of benzene rings is 1. The zero-order valence-corrected chi connectivity index (χ0v) is 9.00. The maximum Gasteiger partial charge on any atom is 0.122 e. The average Bonchev–Trinajstić information content (AvgIpc) is 2.09. The van der Waals surface area contributed by atoms with Crippen molar-refractivity contribution in [1.29, 1.82) is 0 Å². The first-order valence-electron chi connectivity index (χ1n) is 4.03. The number of rotatable bonds is 2. The quantitative estimate of drug-likeness (QED) is 0.639. The van der Waals surface area contributed by atoms with Gasteiger partial charge in [0.25, 0.3) is 0 Å². The van der Waals surface area contributed by atoms with Crippen LogP contribution in [-0.4, -0.2) is 7.11 Å². The molecule has 0 bridgehead atoms. The van der Waals surface area contributed by atoms with Crippen LogP contribution in [0.3, 0.4) is 0 Å². The normalized spacial score (nSPS) is 10.0. The Kier molecular flexibility index (Phi) is 3.11. The summed E-state index contributed by atoms with van der Waals surface area (Å²) < 4.78 is 5.26. The zero-order chi connectivity index (χ0) is 9.14. The molecule has 0 saturated carbocycles. The largest absolute Gasteiger partial charge is 0.496 e. The van der Waals surface area contributed by atoms with Gasteiger partial charge in [0.1, 0.15) is 5.75 Å². The maximum atomic E-state index is 5.26. The van der Waals surface area contributed by atoms with Crippen molar-refractivity contribution in [1.82, 2.24) is 0 Å². The molecule has 0 spiro atoms. The highest BCUT2D eigenvalue weighted by molar-refractivity contribution is 7.15. The molecule has 12 heavy (non-hydrogen) atoms. The van der Waals surface area contributed by atoms with Crippen LogP contribution in [0.5, 0.6) is 5.75 Å². The Labute approximate surface area is 76.3 Å². The Morgan fingerprint density at radius 3 is 2.50 bits per heavy atom. The lowest BCUT2D eigenvalue weighted by Gasteiger charge is -2.09. The lowest BCUT2D eigenvalue weighted by atomic mass is 10.1. The topological polar surface area (TPSA) is 9.23 Å². The average molecular weight is 182 g/mol. The van der Waals surface area contributed by atoms with E-state index in [0.29, 0.717) is 0 Å². The first-order chi connectivity index (χ1) is 5.69. The molecule has 0 aliphatic rings. The van der Waals surface area contributed by atoms with E-state index in [1.165, 1.54) is 16.7 Å². The van der Waals surface area contributed by atoms with Crippen molar-refractivity contribution in [3.63, 3.8) is 0 Å². The third-order valence-corrected chi connectivity index (χ3v) is 2.61. The lowest BCUT2D eigenvalue weighted by molar-refractivity contribution is 0.411. The smallest absolute Gasteiger partial charge is 0.122 e. The van der Waals surface area contributed by atoms with Crippen LogP contribution in [0.25, 0.3) is 0 Å². The number of hydrogen-bond acceptors (Lipinski definition) is 1. The SMILES string of the molecule is COc1cc(CP)cc(C)c1C. The van der Waals surface area contributed by atoms with Crippen molar-refractivity contribution in [2.24, 2.45) is 0 Å². The Morgan fingerprint density at radius 1 is 1.33 bits per heavy atom. The van der Waals surface area contributed by atoms with Crippen LogP contribution in [0.15, 0.2) is 12.1 Å². The van der Waals surface area contributed by atoms with E-state index in [-0.39, 0.29) is 0 Å². The molecule has 1 atom stereocenters. The molecule has 1 aromatic rings. The van der Waals surface area contributed by atoms with E-state index in [9.17, 15) is 0 Å². The van der Waals surface area contributed by atoms with Crippen molar-refractivity contribution in [2.75, 3.05) is 7.11 Å². The molecular formula is C10H15OP. The summed E-state index contributed by atoms with van der Waals surface area (Å²) in [4.78, 5) is 0. The second kappa shape index (κ2) is 3.91. The Bertz CT molecular complexity index is 281. The molecule has 0 aliphatic heterocycles.